The zero-order chi connectivity index (χ0) is 20.5. The fourth-order valence-corrected chi connectivity index (χ4v) is 3.89. The first-order chi connectivity index (χ1) is 13.1. The summed E-state index contributed by atoms with van der Waals surface area (Å²) in [7, 11) is 0. The Bertz CT molecular complexity index is 783. The van der Waals surface area contributed by atoms with Crippen molar-refractivity contribution in [1.29, 1.82) is 5.26 Å². The van der Waals surface area contributed by atoms with Crippen molar-refractivity contribution in [3.8, 4) is 11.8 Å². The maximum absolute atomic E-state index is 12.9. The van der Waals surface area contributed by atoms with Crippen LogP contribution in [0, 0.1) is 11.3 Å². The van der Waals surface area contributed by atoms with E-state index in [1.165, 1.54) is 11.0 Å². The number of alkyl halides is 3. The highest BCUT2D eigenvalue weighted by molar-refractivity contribution is 5.82. The van der Waals surface area contributed by atoms with Crippen molar-refractivity contribution in [2.75, 3.05) is 19.6 Å². The summed E-state index contributed by atoms with van der Waals surface area (Å²) in [6.45, 7) is 0.819. The van der Waals surface area contributed by atoms with Gasteiger partial charge in [-0.15, -0.1) is 0 Å². The number of piperidine rings is 1. The lowest BCUT2D eigenvalue weighted by atomic mass is 9.90. The SMILES string of the molecule is N#Cc1cc(CN2CCC[C@@H]2C(=O)N2CCC(O)(C(F)(F)F)CC2)ccc1O. The first-order valence-corrected chi connectivity index (χ1v) is 9.18. The number of benzene rings is 1. The van der Waals surface area contributed by atoms with Gasteiger partial charge in [-0.25, -0.2) is 0 Å². The van der Waals surface area contributed by atoms with Gasteiger partial charge in [0, 0.05) is 32.5 Å². The second-order valence-electron chi connectivity index (χ2n) is 7.45. The van der Waals surface area contributed by atoms with Gasteiger partial charge in [0.25, 0.3) is 0 Å². The number of phenolic OH excluding ortho intramolecular Hbond substituents is 1. The molecule has 9 heteroatoms. The van der Waals surface area contributed by atoms with Crippen molar-refractivity contribution < 1.29 is 28.2 Å². The van der Waals surface area contributed by atoms with Crippen LogP contribution >= 0.6 is 0 Å². The third-order valence-electron chi connectivity index (χ3n) is 5.65. The molecule has 2 aliphatic heterocycles. The number of rotatable bonds is 3. The average Bonchev–Trinajstić information content (AvgIpc) is 3.10. The van der Waals surface area contributed by atoms with Crippen molar-refractivity contribution in [1.82, 2.24) is 9.80 Å². The highest BCUT2D eigenvalue weighted by Crippen LogP contribution is 2.38. The summed E-state index contributed by atoms with van der Waals surface area (Å²) < 4.78 is 38.8. The summed E-state index contributed by atoms with van der Waals surface area (Å²) in [6.07, 6.45) is -4.32. The van der Waals surface area contributed by atoms with Crippen LogP contribution in [-0.2, 0) is 11.3 Å². The van der Waals surface area contributed by atoms with E-state index in [-0.39, 0.29) is 30.3 Å². The maximum atomic E-state index is 12.9. The highest BCUT2D eigenvalue weighted by atomic mass is 19.4. The van der Waals surface area contributed by atoms with E-state index in [1.807, 2.05) is 11.0 Å². The summed E-state index contributed by atoms with van der Waals surface area (Å²) >= 11 is 0. The lowest BCUT2D eigenvalue weighted by Gasteiger charge is -2.40. The van der Waals surface area contributed by atoms with Crippen molar-refractivity contribution in [2.45, 2.75) is 50.0 Å². The van der Waals surface area contributed by atoms with E-state index in [9.17, 15) is 28.2 Å². The maximum Gasteiger partial charge on any atom is 0.417 e. The molecule has 2 saturated heterocycles. The Kier molecular flexibility index (Phi) is 5.55. The number of halogens is 3. The molecule has 1 atom stereocenters. The van der Waals surface area contributed by atoms with Crippen molar-refractivity contribution in [3.05, 3.63) is 29.3 Å². The van der Waals surface area contributed by atoms with Crippen LogP contribution < -0.4 is 0 Å². The number of nitrogens with zero attached hydrogens (tertiary/aromatic N) is 3. The monoisotopic (exact) mass is 397 g/mol. The smallest absolute Gasteiger partial charge is 0.417 e. The van der Waals surface area contributed by atoms with Crippen molar-refractivity contribution in [2.24, 2.45) is 0 Å². The highest BCUT2D eigenvalue weighted by Gasteiger charge is 2.55. The van der Waals surface area contributed by atoms with E-state index in [0.717, 1.165) is 12.0 Å². The molecule has 1 aromatic rings. The molecule has 0 aromatic heterocycles. The minimum atomic E-state index is -4.70. The van der Waals surface area contributed by atoms with Crippen molar-refractivity contribution in [3.63, 3.8) is 0 Å². The molecule has 1 amide bonds. The number of amides is 1. The Morgan fingerprint density at radius 1 is 1.29 bits per heavy atom. The van der Waals surface area contributed by atoms with Crippen LogP contribution in [0.2, 0.25) is 0 Å². The third kappa shape index (κ3) is 3.93. The predicted octanol–water partition coefficient (Wildman–Crippen LogP) is 2.14. The molecule has 2 aliphatic rings. The molecule has 28 heavy (non-hydrogen) atoms. The zero-order valence-corrected chi connectivity index (χ0v) is 15.2. The Hall–Kier alpha value is -2.31. The predicted molar refractivity (Wildman–Crippen MR) is 93.1 cm³/mol. The molecule has 0 radical (unpaired) electrons. The van der Waals surface area contributed by atoms with Gasteiger partial charge in [-0.1, -0.05) is 6.07 Å². The average molecular weight is 397 g/mol. The topological polar surface area (TPSA) is 87.8 Å². The van der Waals surface area contributed by atoms with Gasteiger partial charge in [0.15, 0.2) is 5.60 Å². The second kappa shape index (κ2) is 7.60. The molecule has 0 bridgehead atoms. The molecule has 1 aromatic carbocycles. The Balaban J connectivity index is 1.65. The molecule has 0 spiro atoms. The molecule has 0 aliphatic carbocycles. The van der Waals surface area contributed by atoms with Gasteiger partial charge in [0.05, 0.1) is 11.6 Å². The number of carbonyl (C=O) groups is 1. The third-order valence-corrected chi connectivity index (χ3v) is 5.65. The molecule has 2 N–H and O–H groups in total. The van der Waals surface area contributed by atoms with Gasteiger partial charge in [-0.3, -0.25) is 9.69 Å². The molecule has 2 heterocycles. The molecule has 2 fully saturated rings. The summed E-state index contributed by atoms with van der Waals surface area (Å²) in [5.41, 5.74) is -1.79. The number of nitriles is 1. The molecular formula is C19H22F3N3O3. The van der Waals surface area contributed by atoms with Gasteiger partial charge in [-0.05, 0) is 37.1 Å². The number of hydrogen-bond donors (Lipinski definition) is 2. The van der Waals surface area contributed by atoms with Crippen molar-refractivity contribution >= 4 is 5.91 Å². The number of aliphatic hydroxyl groups is 1. The Morgan fingerprint density at radius 3 is 2.57 bits per heavy atom. The van der Waals surface area contributed by atoms with Gasteiger partial charge in [0.1, 0.15) is 11.8 Å². The van der Waals surface area contributed by atoms with Crippen LogP contribution in [0.5, 0.6) is 5.75 Å². The number of aromatic hydroxyl groups is 1. The standard InChI is InChI=1S/C19H22F3N3O3/c20-19(21,22)18(28)5-8-24(9-6-18)17(27)15-2-1-7-25(15)12-13-3-4-16(26)14(10-13)11-23/h3-4,10,15,26,28H,1-2,5-9,12H2/t15-/m1/s1. The van der Waals surface area contributed by atoms with Gasteiger partial charge in [-0.2, -0.15) is 18.4 Å². The van der Waals surface area contributed by atoms with E-state index < -0.39 is 30.7 Å². The van der Waals surface area contributed by atoms with E-state index in [0.29, 0.717) is 19.5 Å². The lowest BCUT2D eigenvalue weighted by molar-refractivity contribution is -0.272. The molecule has 152 valence electrons. The minimum absolute atomic E-state index is 0.106. The summed E-state index contributed by atoms with van der Waals surface area (Å²) in [6, 6.07) is 6.16. The van der Waals surface area contributed by atoms with Gasteiger partial charge in [0.2, 0.25) is 5.91 Å². The van der Waals surface area contributed by atoms with Crippen LogP contribution in [-0.4, -0.2) is 63.4 Å². The van der Waals surface area contributed by atoms with E-state index in [4.69, 9.17) is 5.26 Å². The molecule has 6 nitrogen and oxygen atoms in total. The minimum Gasteiger partial charge on any atom is -0.507 e. The number of carbonyl (C=O) groups excluding carboxylic acids is 1. The van der Waals surface area contributed by atoms with Crippen LogP contribution in [0.1, 0.15) is 36.8 Å². The van der Waals surface area contributed by atoms with Crippen LogP contribution in [0.4, 0.5) is 13.2 Å². The molecule has 0 unspecified atom stereocenters. The van der Waals surface area contributed by atoms with Crippen LogP contribution in [0.25, 0.3) is 0 Å². The van der Waals surface area contributed by atoms with E-state index in [2.05, 4.69) is 0 Å². The second-order valence-corrected chi connectivity index (χ2v) is 7.45. The Labute approximate surface area is 160 Å². The number of hydrogen-bond acceptors (Lipinski definition) is 5. The summed E-state index contributed by atoms with van der Waals surface area (Å²) in [5.74, 6) is -0.327. The van der Waals surface area contributed by atoms with Gasteiger partial charge >= 0.3 is 6.18 Å². The molecule has 0 saturated carbocycles. The quantitative estimate of drug-likeness (QED) is 0.816. The fourth-order valence-electron chi connectivity index (χ4n) is 3.89. The number of likely N-dealkylation sites (tertiary alicyclic amines) is 2. The Morgan fingerprint density at radius 2 is 1.96 bits per heavy atom. The lowest BCUT2D eigenvalue weighted by Crippen LogP contribution is -2.56. The first-order valence-electron chi connectivity index (χ1n) is 9.18. The first kappa shape index (κ1) is 20.4. The normalized spacial score (nSPS) is 22.8. The largest absolute Gasteiger partial charge is 0.507 e. The molecular weight excluding hydrogens is 375 g/mol. The number of phenols is 1. The van der Waals surface area contributed by atoms with Crippen LogP contribution in [0.3, 0.4) is 0 Å². The van der Waals surface area contributed by atoms with Crippen LogP contribution in [0.15, 0.2) is 18.2 Å². The fraction of sp³-hybridized carbons (Fsp3) is 0.579. The molecule has 3 rings (SSSR count). The van der Waals surface area contributed by atoms with E-state index >= 15 is 0 Å². The van der Waals surface area contributed by atoms with Gasteiger partial charge < -0.3 is 15.1 Å². The summed E-state index contributed by atoms with van der Waals surface area (Å²) in [5, 5.41) is 28.4. The van der Waals surface area contributed by atoms with E-state index in [1.54, 1.807) is 12.1 Å². The summed E-state index contributed by atoms with van der Waals surface area (Å²) in [4.78, 5) is 16.2. The zero-order valence-electron chi connectivity index (χ0n) is 15.2.